The Labute approximate surface area is 64.9 Å². The van der Waals surface area contributed by atoms with Gasteiger partial charge >= 0.3 is 0 Å². The highest BCUT2D eigenvalue weighted by Gasteiger charge is 1.92. The van der Waals surface area contributed by atoms with Crippen LogP contribution in [0.25, 0.3) is 11.0 Å². The zero-order valence-corrected chi connectivity index (χ0v) is 6.13. The number of rotatable bonds is 0. The van der Waals surface area contributed by atoms with E-state index in [1.165, 1.54) is 0 Å². The average Bonchev–Trinajstić information content (AvgIpc) is 2.04. The Morgan fingerprint density at radius 3 is 2.73 bits per heavy atom. The Morgan fingerprint density at radius 1 is 1.18 bits per heavy atom. The molecule has 0 atom stereocenters. The van der Waals surface area contributed by atoms with Gasteiger partial charge in [-0.15, -0.1) is 0 Å². The predicted octanol–water partition coefficient (Wildman–Crippen LogP) is 1.54. The van der Waals surface area contributed by atoms with Crippen LogP contribution in [-0.4, -0.2) is 9.97 Å². The van der Waals surface area contributed by atoms with Crippen molar-refractivity contribution in [1.29, 1.82) is 0 Å². The van der Waals surface area contributed by atoms with Crippen molar-refractivity contribution in [2.24, 2.45) is 0 Å². The van der Waals surface area contributed by atoms with Gasteiger partial charge in [-0.05, 0) is 6.92 Å². The van der Waals surface area contributed by atoms with Crippen LogP contribution in [0, 0.1) is 19.1 Å². The molecule has 1 aromatic carbocycles. The minimum atomic E-state index is 0.870. The van der Waals surface area contributed by atoms with Crippen LogP contribution in [0.3, 0.4) is 0 Å². The average molecular weight is 142 g/mol. The van der Waals surface area contributed by atoms with Crippen LogP contribution in [0.1, 0.15) is 5.69 Å². The van der Waals surface area contributed by atoms with E-state index in [0.717, 1.165) is 16.7 Å². The number of nitrogens with zero attached hydrogens (tertiary/aromatic N) is 2. The molecule has 2 rings (SSSR count). The molecule has 0 N–H and O–H groups in total. The van der Waals surface area contributed by atoms with Crippen molar-refractivity contribution in [2.75, 3.05) is 0 Å². The summed E-state index contributed by atoms with van der Waals surface area (Å²) in [6, 6.07) is 9.23. The zero-order valence-electron chi connectivity index (χ0n) is 6.13. The molecule has 2 heteroatoms. The molecule has 0 bridgehead atoms. The molecule has 52 valence electrons. The second kappa shape index (κ2) is 2.21. The lowest BCUT2D eigenvalue weighted by Gasteiger charge is -1.92. The first-order chi connectivity index (χ1) is 5.36. The van der Waals surface area contributed by atoms with E-state index in [2.05, 4.69) is 22.1 Å². The van der Waals surface area contributed by atoms with Gasteiger partial charge in [0, 0.05) is 18.3 Å². The first kappa shape index (κ1) is 6.11. The molecule has 0 spiro atoms. The second-order valence-corrected chi connectivity index (χ2v) is 2.36. The van der Waals surface area contributed by atoms with Crippen LogP contribution in [0.15, 0.2) is 18.3 Å². The number of hydrogen-bond donors (Lipinski definition) is 0. The zero-order chi connectivity index (χ0) is 7.68. The van der Waals surface area contributed by atoms with Crippen molar-refractivity contribution in [3.05, 3.63) is 36.2 Å². The standard InChI is InChI=1S/C9H6N2/c1-7-6-10-8-4-2-3-5-9(8)11-7/h4-6H,1H3. The minimum absolute atomic E-state index is 0.870. The van der Waals surface area contributed by atoms with E-state index in [9.17, 15) is 0 Å². The lowest BCUT2D eigenvalue weighted by molar-refractivity contribution is 1.19. The molecule has 0 aliphatic rings. The van der Waals surface area contributed by atoms with Crippen molar-refractivity contribution >= 4 is 11.0 Å². The maximum absolute atomic E-state index is 4.26. The Bertz CT molecular complexity index is 382. The first-order valence-electron chi connectivity index (χ1n) is 3.37. The van der Waals surface area contributed by atoms with Gasteiger partial charge in [0.2, 0.25) is 0 Å². The normalized spacial score (nSPS) is 9.55. The molecule has 0 saturated carbocycles. The van der Waals surface area contributed by atoms with Gasteiger partial charge in [0.1, 0.15) is 0 Å². The van der Waals surface area contributed by atoms with E-state index >= 15 is 0 Å². The Balaban J connectivity index is 2.83. The maximum Gasteiger partial charge on any atom is 0.0979 e. The summed E-state index contributed by atoms with van der Waals surface area (Å²) in [4.78, 5) is 8.43. The third-order valence-corrected chi connectivity index (χ3v) is 1.45. The minimum Gasteiger partial charge on any atom is -0.252 e. The molecule has 2 aromatic rings. The molecule has 0 aliphatic carbocycles. The lowest BCUT2D eigenvalue weighted by Crippen LogP contribution is -1.84. The SMILES string of the molecule is Cc1cnc2cc#ccc2n1. The number of aryl methyl sites for hydroxylation is 1. The summed E-state index contributed by atoms with van der Waals surface area (Å²) in [7, 11) is 0. The summed E-state index contributed by atoms with van der Waals surface area (Å²) >= 11 is 0. The van der Waals surface area contributed by atoms with Gasteiger partial charge in [-0.2, -0.15) is 0 Å². The molecule has 0 radical (unpaired) electrons. The van der Waals surface area contributed by atoms with E-state index < -0.39 is 0 Å². The first-order valence-corrected chi connectivity index (χ1v) is 3.37. The van der Waals surface area contributed by atoms with Gasteiger partial charge in [0.05, 0.1) is 16.7 Å². The fraction of sp³-hybridized carbons (Fsp3) is 0.111. The quantitative estimate of drug-likeness (QED) is 0.557. The van der Waals surface area contributed by atoms with Crippen molar-refractivity contribution in [1.82, 2.24) is 9.97 Å². The summed E-state index contributed by atoms with van der Waals surface area (Å²) in [6.45, 7) is 1.92. The van der Waals surface area contributed by atoms with E-state index in [1.54, 1.807) is 18.3 Å². The molecule has 0 saturated heterocycles. The van der Waals surface area contributed by atoms with Gasteiger partial charge in [0.15, 0.2) is 0 Å². The van der Waals surface area contributed by atoms with E-state index in [0.29, 0.717) is 0 Å². The smallest absolute Gasteiger partial charge is 0.0979 e. The highest BCUT2D eigenvalue weighted by atomic mass is 14.8. The fourth-order valence-corrected chi connectivity index (χ4v) is 0.943. The highest BCUT2D eigenvalue weighted by Crippen LogP contribution is 2.04. The molecule has 0 unspecified atom stereocenters. The molecule has 0 amide bonds. The lowest BCUT2D eigenvalue weighted by atomic mass is 10.3. The largest absolute Gasteiger partial charge is 0.252 e. The van der Waals surface area contributed by atoms with E-state index in [4.69, 9.17) is 0 Å². The summed E-state index contributed by atoms with van der Waals surface area (Å²) in [5.74, 6) is 0. The van der Waals surface area contributed by atoms with Crippen LogP contribution in [0.2, 0.25) is 0 Å². The van der Waals surface area contributed by atoms with Crippen LogP contribution in [0.4, 0.5) is 0 Å². The molecule has 1 aromatic heterocycles. The molecular weight excluding hydrogens is 136 g/mol. The molecule has 1 heterocycles. The summed E-state index contributed by atoms with van der Waals surface area (Å²) in [5, 5.41) is 0. The van der Waals surface area contributed by atoms with Crippen molar-refractivity contribution < 1.29 is 0 Å². The van der Waals surface area contributed by atoms with Crippen LogP contribution >= 0.6 is 0 Å². The topological polar surface area (TPSA) is 25.8 Å². The third-order valence-electron chi connectivity index (χ3n) is 1.45. The molecule has 0 fully saturated rings. The van der Waals surface area contributed by atoms with E-state index in [1.807, 2.05) is 6.92 Å². The van der Waals surface area contributed by atoms with Gasteiger partial charge in [-0.25, -0.2) is 4.98 Å². The Morgan fingerprint density at radius 2 is 1.91 bits per heavy atom. The summed E-state index contributed by atoms with van der Waals surface area (Å²) in [6.07, 6.45) is 1.75. The van der Waals surface area contributed by atoms with Crippen molar-refractivity contribution in [3.63, 3.8) is 0 Å². The molecule has 2 nitrogen and oxygen atoms in total. The highest BCUT2D eigenvalue weighted by molar-refractivity contribution is 5.72. The second-order valence-electron chi connectivity index (χ2n) is 2.36. The Hall–Kier alpha value is -1.62. The van der Waals surface area contributed by atoms with Crippen molar-refractivity contribution in [2.45, 2.75) is 6.92 Å². The van der Waals surface area contributed by atoms with Gasteiger partial charge < -0.3 is 0 Å². The predicted molar refractivity (Wildman–Crippen MR) is 41.9 cm³/mol. The number of fused-ring (bicyclic) bond motifs is 1. The number of hydrogen-bond acceptors (Lipinski definition) is 2. The van der Waals surface area contributed by atoms with E-state index in [-0.39, 0.29) is 0 Å². The summed E-state index contributed by atoms with van der Waals surface area (Å²) in [5.41, 5.74) is 2.68. The van der Waals surface area contributed by atoms with Gasteiger partial charge in [-0.1, -0.05) is 12.1 Å². The monoisotopic (exact) mass is 142 g/mol. The molecule has 0 aliphatic heterocycles. The van der Waals surface area contributed by atoms with Gasteiger partial charge in [0.25, 0.3) is 0 Å². The third kappa shape index (κ3) is 1.01. The van der Waals surface area contributed by atoms with Crippen LogP contribution in [-0.2, 0) is 0 Å². The maximum atomic E-state index is 4.26. The van der Waals surface area contributed by atoms with Crippen LogP contribution in [0.5, 0.6) is 0 Å². The molecule has 11 heavy (non-hydrogen) atoms. The number of aromatic nitrogens is 2. The molecular formula is C9H6N2. The van der Waals surface area contributed by atoms with Crippen molar-refractivity contribution in [3.8, 4) is 0 Å². The van der Waals surface area contributed by atoms with Gasteiger partial charge in [-0.3, -0.25) is 4.98 Å². The summed E-state index contributed by atoms with van der Waals surface area (Å²) < 4.78 is 0. The fourth-order valence-electron chi connectivity index (χ4n) is 0.943. The van der Waals surface area contributed by atoms with Crippen LogP contribution < -0.4 is 0 Å². The Kier molecular flexibility index (Phi) is 1.23.